The Labute approximate surface area is 211 Å². The number of H-pyrrole nitrogens is 1. The van der Waals surface area contributed by atoms with Crippen molar-refractivity contribution in [2.75, 3.05) is 0 Å². The normalized spacial score (nSPS) is 18.9. The number of urea groups is 1. The second-order valence-corrected chi connectivity index (χ2v) is 9.24. The number of hydrogen-bond donors (Lipinski definition) is 3. The minimum absolute atomic E-state index is 0.0764. The lowest BCUT2D eigenvalue weighted by Gasteiger charge is -2.28. The summed E-state index contributed by atoms with van der Waals surface area (Å²) in [6.07, 6.45) is 2.47. The molecule has 1 fully saturated rings. The zero-order valence-electron chi connectivity index (χ0n) is 20.2. The van der Waals surface area contributed by atoms with Crippen LogP contribution in [-0.2, 0) is 16.8 Å². The van der Waals surface area contributed by atoms with Gasteiger partial charge < -0.3 is 10.1 Å². The van der Waals surface area contributed by atoms with Gasteiger partial charge >= 0.3 is 12.6 Å². The van der Waals surface area contributed by atoms with Gasteiger partial charge in [-0.15, -0.1) is 0 Å². The fourth-order valence-corrected chi connectivity index (χ4v) is 5.10. The standard InChI is InChI=1S/C27H24F2N4O4/c1-14-23(15(2)33-32-14)17-3-6-19(7-4-17)27(24(35)30-26(36)31-27)10-9-16-11-18-5-8-20(37-25(28)29)13-21(18)22(34)12-16/h3-8,12-13,25H,9-11H2,1-2H3,(H,32,33)(H2,30,31,35,36)/t27-/m0/s1. The number of hydrogen-bond acceptors (Lipinski definition) is 5. The number of ketones is 1. The lowest BCUT2D eigenvalue weighted by atomic mass is 9.81. The van der Waals surface area contributed by atoms with Crippen LogP contribution < -0.4 is 15.4 Å². The first-order valence-corrected chi connectivity index (χ1v) is 11.7. The van der Waals surface area contributed by atoms with Gasteiger partial charge in [-0.3, -0.25) is 20.0 Å². The number of ether oxygens (including phenoxy) is 1. The van der Waals surface area contributed by atoms with Crippen LogP contribution in [0.15, 0.2) is 54.1 Å². The lowest BCUT2D eigenvalue weighted by molar-refractivity contribution is -0.124. The van der Waals surface area contributed by atoms with E-state index in [0.717, 1.165) is 28.1 Å². The molecular weight excluding hydrogens is 482 g/mol. The van der Waals surface area contributed by atoms with E-state index in [1.54, 1.807) is 6.07 Å². The van der Waals surface area contributed by atoms with Gasteiger partial charge in [0.05, 0.1) is 5.69 Å². The SMILES string of the molecule is Cc1n[nH]c(C)c1-c1ccc([C@]2(CCC3=CC(=O)c4cc(OC(F)F)ccc4C3)NC(=O)NC2=O)cc1. The predicted octanol–water partition coefficient (Wildman–Crippen LogP) is 4.48. The van der Waals surface area contributed by atoms with Crippen LogP contribution in [0.5, 0.6) is 5.75 Å². The van der Waals surface area contributed by atoms with Crippen molar-refractivity contribution in [2.45, 2.75) is 45.3 Å². The molecule has 1 aliphatic carbocycles. The summed E-state index contributed by atoms with van der Waals surface area (Å²) < 4.78 is 29.5. The van der Waals surface area contributed by atoms with E-state index in [1.807, 2.05) is 38.1 Å². The van der Waals surface area contributed by atoms with Crippen LogP contribution >= 0.6 is 0 Å². The summed E-state index contributed by atoms with van der Waals surface area (Å²) in [5.74, 6) is -0.856. The Morgan fingerprint density at radius 3 is 2.46 bits per heavy atom. The number of aromatic amines is 1. The molecule has 0 spiro atoms. The van der Waals surface area contributed by atoms with Crippen LogP contribution in [0, 0.1) is 13.8 Å². The summed E-state index contributed by atoms with van der Waals surface area (Å²) in [6, 6.07) is 11.1. The number of carbonyl (C=O) groups is 3. The second kappa shape index (κ2) is 9.27. The summed E-state index contributed by atoms with van der Waals surface area (Å²) >= 11 is 0. The maximum atomic E-state index is 13.0. The average molecular weight is 507 g/mol. The van der Waals surface area contributed by atoms with Gasteiger partial charge in [0.15, 0.2) is 5.78 Å². The molecule has 0 bridgehead atoms. The van der Waals surface area contributed by atoms with E-state index in [2.05, 4.69) is 25.6 Å². The van der Waals surface area contributed by atoms with Gasteiger partial charge in [0, 0.05) is 16.8 Å². The molecule has 1 aliphatic heterocycles. The molecule has 2 aromatic carbocycles. The number of imide groups is 1. The van der Waals surface area contributed by atoms with Gasteiger partial charge in [0.25, 0.3) is 5.91 Å². The number of alkyl halides is 2. The number of aromatic nitrogens is 2. The van der Waals surface area contributed by atoms with Gasteiger partial charge in [0.2, 0.25) is 0 Å². The molecule has 0 saturated carbocycles. The highest BCUT2D eigenvalue weighted by molar-refractivity contribution is 6.08. The molecule has 2 heterocycles. The Kier molecular flexibility index (Phi) is 6.10. The maximum Gasteiger partial charge on any atom is 0.387 e. The molecule has 1 atom stereocenters. The van der Waals surface area contributed by atoms with Crippen molar-refractivity contribution >= 4 is 17.7 Å². The highest BCUT2D eigenvalue weighted by atomic mass is 19.3. The molecule has 1 saturated heterocycles. The zero-order chi connectivity index (χ0) is 26.3. The molecule has 0 radical (unpaired) electrons. The Balaban J connectivity index is 1.39. The lowest BCUT2D eigenvalue weighted by Crippen LogP contribution is -2.44. The summed E-state index contributed by atoms with van der Waals surface area (Å²) in [7, 11) is 0. The van der Waals surface area contributed by atoms with Crippen LogP contribution in [0.1, 0.15) is 45.7 Å². The van der Waals surface area contributed by atoms with Crippen molar-refractivity contribution in [3.8, 4) is 16.9 Å². The van der Waals surface area contributed by atoms with Crippen LogP contribution in [0.4, 0.5) is 13.6 Å². The van der Waals surface area contributed by atoms with Gasteiger partial charge in [-0.25, -0.2) is 4.79 Å². The van der Waals surface area contributed by atoms with E-state index in [4.69, 9.17) is 0 Å². The molecular formula is C27H24F2N4O4. The minimum Gasteiger partial charge on any atom is -0.435 e. The number of halogens is 2. The van der Waals surface area contributed by atoms with E-state index >= 15 is 0 Å². The molecule has 3 aromatic rings. The first-order chi connectivity index (χ1) is 17.7. The van der Waals surface area contributed by atoms with Crippen molar-refractivity contribution in [3.05, 3.63) is 82.2 Å². The van der Waals surface area contributed by atoms with E-state index in [1.165, 1.54) is 18.2 Å². The minimum atomic E-state index is -2.98. The third-order valence-corrected chi connectivity index (χ3v) is 6.88. The fraction of sp³-hybridized carbons (Fsp3) is 0.259. The molecule has 3 N–H and O–H groups in total. The quantitative estimate of drug-likeness (QED) is 0.409. The summed E-state index contributed by atoms with van der Waals surface area (Å²) in [5.41, 5.74) is 4.78. The van der Waals surface area contributed by atoms with Crippen molar-refractivity contribution < 1.29 is 27.9 Å². The molecule has 5 rings (SSSR count). The third kappa shape index (κ3) is 4.50. The van der Waals surface area contributed by atoms with Gasteiger partial charge in [0.1, 0.15) is 11.3 Å². The number of nitrogens with one attached hydrogen (secondary N) is 3. The fourth-order valence-electron chi connectivity index (χ4n) is 5.10. The van der Waals surface area contributed by atoms with Gasteiger partial charge in [-0.1, -0.05) is 35.9 Å². The Morgan fingerprint density at radius 1 is 1.08 bits per heavy atom. The largest absolute Gasteiger partial charge is 0.435 e. The first kappa shape index (κ1) is 24.4. The van der Waals surface area contributed by atoms with Gasteiger partial charge in [-0.2, -0.15) is 13.9 Å². The van der Waals surface area contributed by atoms with Crippen LogP contribution in [-0.4, -0.2) is 34.5 Å². The predicted molar refractivity (Wildman–Crippen MR) is 130 cm³/mol. The number of carbonyl (C=O) groups excluding carboxylic acids is 3. The number of amides is 3. The Morgan fingerprint density at radius 2 is 1.84 bits per heavy atom. The summed E-state index contributed by atoms with van der Waals surface area (Å²) in [4.78, 5) is 37.9. The van der Waals surface area contributed by atoms with E-state index in [0.29, 0.717) is 29.5 Å². The van der Waals surface area contributed by atoms with E-state index in [-0.39, 0.29) is 18.0 Å². The van der Waals surface area contributed by atoms with Crippen LogP contribution in [0.3, 0.4) is 0 Å². The van der Waals surface area contributed by atoms with Crippen molar-refractivity contribution in [2.24, 2.45) is 0 Å². The van der Waals surface area contributed by atoms with Crippen molar-refractivity contribution in [3.63, 3.8) is 0 Å². The molecule has 37 heavy (non-hydrogen) atoms. The van der Waals surface area contributed by atoms with E-state index < -0.39 is 24.1 Å². The maximum absolute atomic E-state index is 13.0. The Hall–Kier alpha value is -4.34. The molecule has 8 nitrogen and oxygen atoms in total. The second-order valence-electron chi connectivity index (χ2n) is 9.24. The zero-order valence-corrected chi connectivity index (χ0v) is 20.2. The number of nitrogens with zero attached hydrogens (tertiary/aromatic N) is 1. The molecule has 1 aromatic heterocycles. The van der Waals surface area contributed by atoms with Gasteiger partial charge in [-0.05, 0) is 68.0 Å². The summed E-state index contributed by atoms with van der Waals surface area (Å²) in [6.45, 7) is 0.857. The van der Waals surface area contributed by atoms with Crippen LogP contribution in [0.25, 0.3) is 11.1 Å². The Bertz CT molecular complexity index is 1430. The molecule has 0 unspecified atom stereocenters. The molecule has 2 aliphatic rings. The van der Waals surface area contributed by atoms with E-state index in [9.17, 15) is 23.2 Å². The molecule has 3 amide bonds. The highest BCUT2D eigenvalue weighted by Gasteiger charge is 2.47. The molecule has 10 heteroatoms. The monoisotopic (exact) mass is 506 g/mol. The molecule has 190 valence electrons. The number of fused-ring (bicyclic) bond motifs is 1. The summed E-state index contributed by atoms with van der Waals surface area (Å²) in [5, 5.41) is 12.3. The smallest absolute Gasteiger partial charge is 0.387 e. The van der Waals surface area contributed by atoms with Crippen molar-refractivity contribution in [1.29, 1.82) is 0 Å². The number of aryl methyl sites for hydroxylation is 2. The first-order valence-electron chi connectivity index (χ1n) is 11.7. The average Bonchev–Trinajstić information content (AvgIpc) is 3.34. The number of rotatable bonds is 7. The van der Waals surface area contributed by atoms with Crippen LogP contribution in [0.2, 0.25) is 0 Å². The third-order valence-electron chi connectivity index (χ3n) is 6.88. The van der Waals surface area contributed by atoms with Crippen molar-refractivity contribution in [1.82, 2.24) is 20.8 Å². The topological polar surface area (TPSA) is 113 Å². The highest BCUT2D eigenvalue weighted by Crippen LogP contribution is 2.36. The number of benzene rings is 2. The number of allylic oxidation sites excluding steroid dienone is 2.